The molecular formula is C20H29IN4O3. The molecule has 1 aromatic rings. The van der Waals surface area contributed by atoms with Gasteiger partial charge in [0.1, 0.15) is 0 Å². The van der Waals surface area contributed by atoms with Gasteiger partial charge in [-0.25, -0.2) is 0 Å². The molecule has 154 valence electrons. The molecule has 1 heterocycles. The van der Waals surface area contributed by atoms with E-state index in [1.807, 2.05) is 18.9 Å². The van der Waals surface area contributed by atoms with Crippen LogP contribution in [0.2, 0.25) is 0 Å². The van der Waals surface area contributed by atoms with Crippen LogP contribution in [0.25, 0.3) is 0 Å². The molecular weight excluding hydrogens is 471 g/mol. The lowest BCUT2D eigenvalue weighted by Crippen LogP contribution is -2.41. The Bertz CT molecular complexity index is 686. The van der Waals surface area contributed by atoms with Crippen LogP contribution in [0.5, 0.6) is 0 Å². The van der Waals surface area contributed by atoms with Crippen molar-refractivity contribution in [3.05, 3.63) is 35.4 Å². The van der Waals surface area contributed by atoms with E-state index in [1.54, 1.807) is 24.3 Å². The van der Waals surface area contributed by atoms with Crippen molar-refractivity contribution in [2.24, 2.45) is 10.9 Å². The lowest BCUT2D eigenvalue weighted by molar-refractivity contribution is 0.0659. The maximum Gasteiger partial charge on any atom is 0.261 e. The zero-order valence-electron chi connectivity index (χ0n) is 16.5. The van der Waals surface area contributed by atoms with Crippen LogP contribution >= 0.6 is 24.0 Å². The first-order valence-corrected chi connectivity index (χ1v) is 9.64. The fraction of sp³-hybridized carbons (Fsp3) is 0.550. The molecule has 1 fully saturated rings. The molecule has 0 aromatic heterocycles. The smallest absolute Gasteiger partial charge is 0.261 e. The minimum absolute atomic E-state index is 0. The third kappa shape index (κ3) is 5.66. The van der Waals surface area contributed by atoms with Gasteiger partial charge in [0.15, 0.2) is 5.96 Å². The van der Waals surface area contributed by atoms with Crippen molar-refractivity contribution in [3.63, 3.8) is 0 Å². The van der Waals surface area contributed by atoms with Crippen molar-refractivity contribution < 1.29 is 14.3 Å². The average Bonchev–Trinajstić information content (AvgIpc) is 3.47. The van der Waals surface area contributed by atoms with Gasteiger partial charge in [0.05, 0.1) is 24.3 Å². The Balaban J connectivity index is 0.00000280. The average molecular weight is 500 g/mol. The van der Waals surface area contributed by atoms with Crippen LogP contribution in [0.1, 0.15) is 40.5 Å². The first-order valence-electron chi connectivity index (χ1n) is 9.64. The third-order valence-electron chi connectivity index (χ3n) is 4.78. The number of nitrogens with zero attached hydrogens (tertiary/aromatic N) is 3. The highest BCUT2D eigenvalue weighted by Gasteiger charge is 2.34. The van der Waals surface area contributed by atoms with Crippen molar-refractivity contribution in [1.29, 1.82) is 0 Å². The summed E-state index contributed by atoms with van der Waals surface area (Å²) in [6.45, 7) is 5.65. The highest BCUT2D eigenvalue weighted by atomic mass is 127. The molecule has 0 radical (unpaired) electrons. The van der Waals surface area contributed by atoms with Crippen LogP contribution in [0.3, 0.4) is 0 Å². The SMILES string of the molecule is CCNC(=NCCN1C(=O)c2ccccc2C1=O)N(C)CCOCC1CC1.I. The number of carbonyl (C=O) groups is 2. The minimum Gasteiger partial charge on any atom is -0.379 e. The summed E-state index contributed by atoms with van der Waals surface area (Å²) in [6.07, 6.45) is 2.58. The number of nitrogens with one attached hydrogen (secondary N) is 1. The zero-order chi connectivity index (χ0) is 19.2. The molecule has 1 saturated carbocycles. The molecule has 0 atom stereocenters. The van der Waals surface area contributed by atoms with Gasteiger partial charge in [0.2, 0.25) is 0 Å². The van der Waals surface area contributed by atoms with Gasteiger partial charge in [-0.2, -0.15) is 0 Å². The van der Waals surface area contributed by atoms with Crippen molar-refractivity contribution in [2.45, 2.75) is 19.8 Å². The molecule has 28 heavy (non-hydrogen) atoms. The summed E-state index contributed by atoms with van der Waals surface area (Å²) >= 11 is 0. The van der Waals surface area contributed by atoms with E-state index >= 15 is 0 Å². The third-order valence-corrected chi connectivity index (χ3v) is 4.78. The van der Waals surface area contributed by atoms with E-state index in [9.17, 15) is 9.59 Å². The topological polar surface area (TPSA) is 74.2 Å². The quantitative estimate of drug-likeness (QED) is 0.185. The van der Waals surface area contributed by atoms with E-state index < -0.39 is 0 Å². The van der Waals surface area contributed by atoms with Crippen LogP contribution < -0.4 is 5.32 Å². The van der Waals surface area contributed by atoms with Crippen LogP contribution in [0.15, 0.2) is 29.3 Å². The van der Waals surface area contributed by atoms with Crippen molar-refractivity contribution in [1.82, 2.24) is 15.1 Å². The summed E-state index contributed by atoms with van der Waals surface area (Å²) in [6, 6.07) is 6.93. The molecule has 0 unspecified atom stereocenters. The highest BCUT2D eigenvalue weighted by Crippen LogP contribution is 2.28. The Morgan fingerprint density at radius 1 is 1.25 bits per heavy atom. The second-order valence-electron chi connectivity index (χ2n) is 6.98. The standard InChI is InChI=1S/C20H28N4O3.HI/c1-3-21-20(23(2)12-13-27-14-15-8-9-15)22-10-11-24-18(25)16-6-4-5-7-17(16)19(24)26;/h4-7,15H,3,8-14H2,1-2H3,(H,21,22);1H. The Labute approximate surface area is 183 Å². The van der Waals surface area contributed by atoms with Gasteiger partial charge in [-0.05, 0) is 37.8 Å². The highest BCUT2D eigenvalue weighted by molar-refractivity contribution is 14.0. The van der Waals surface area contributed by atoms with Gasteiger partial charge in [-0.1, -0.05) is 12.1 Å². The predicted octanol–water partition coefficient (Wildman–Crippen LogP) is 2.22. The summed E-state index contributed by atoms with van der Waals surface area (Å²) < 4.78 is 5.68. The molecule has 0 saturated heterocycles. The molecule has 1 aliphatic heterocycles. The molecule has 1 N–H and O–H groups in total. The van der Waals surface area contributed by atoms with Crippen LogP contribution in [-0.2, 0) is 4.74 Å². The number of amides is 2. The molecule has 2 aliphatic rings. The van der Waals surface area contributed by atoms with E-state index in [1.165, 1.54) is 17.7 Å². The predicted molar refractivity (Wildman–Crippen MR) is 119 cm³/mol. The number of guanidine groups is 1. The van der Waals surface area contributed by atoms with Crippen molar-refractivity contribution >= 4 is 41.8 Å². The Kier molecular flexibility index (Phi) is 8.68. The number of benzene rings is 1. The fourth-order valence-corrected chi connectivity index (χ4v) is 3.01. The summed E-state index contributed by atoms with van der Waals surface area (Å²) in [7, 11) is 1.96. The summed E-state index contributed by atoms with van der Waals surface area (Å²) in [5.41, 5.74) is 0.951. The van der Waals surface area contributed by atoms with Gasteiger partial charge < -0.3 is 15.0 Å². The maximum atomic E-state index is 12.4. The number of ether oxygens (including phenoxy) is 1. The number of fused-ring (bicyclic) bond motifs is 1. The van der Waals surface area contributed by atoms with E-state index in [-0.39, 0.29) is 42.3 Å². The number of hydrogen-bond donors (Lipinski definition) is 1. The largest absolute Gasteiger partial charge is 0.379 e. The van der Waals surface area contributed by atoms with E-state index in [4.69, 9.17) is 4.74 Å². The second-order valence-corrected chi connectivity index (χ2v) is 6.98. The van der Waals surface area contributed by atoms with Gasteiger partial charge in [0.25, 0.3) is 11.8 Å². The van der Waals surface area contributed by atoms with Gasteiger partial charge in [-0.15, -0.1) is 24.0 Å². The van der Waals surface area contributed by atoms with Crippen LogP contribution in [0, 0.1) is 5.92 Å². The maximum absolute atomic E-state index is 12.4. The van der Waals surface area contributed by atoms with Crippen LogP contribution in [-0.4, -0.2) is 74.0 Å². The van der Waals surface area contributed by atoms with Gasteiger partial charge in [-0.3, -0.25) is 19.5 Å². The Morgan fingerprint density at radius 2 is 1.89 bits per heavy atom. The van der Waals surface area contributed by atoms with Crippen molar-refractivity contribution in [3.8, 4) is 0 Å². The molecule has 7 nitrogen and oxygen atoms in total. The Hall–Kier alpha value is -1.68. The normalized spacial score (nSPS) is 16.1. The number of likely N-dealkylation sites (N-methyl/N-ethyl adjacent to an activating group) is 1. The number of halogens is 1. The first-order chi connectivity index (χ1) is 13.1. The lowest BCUT2D eigenvalue weighted by Gasteiger charge is -2.22. The fourth-order valence-electron chi connectivity index (χ4n) is 3.01. The summed E-state index contributed by atoms with van der Waals surface area (Å²) in [4.78, 5) is 32.6. The van der Waals surface area contributed by atoms with Crippen LogP contribution in [0.4, 0.5) is 0 Å². The molecule has 0 bridgehead atoms. The van der Waals surface area contributed by atoms with Crippen molar-refractivity contribution in [2.75, 3.05) is 46.4 Å². The van der Waals surface area contributed by atoms with E-state index in [0.717, 1.165) is 31.6 Å². The summed E-state index contributed by atoms with van der Waals surface area (Å²) in [5.74, 6) is 1.04. The zero-order valence-corrected chi connectivity index (χ0v) is 18.8. The van der Waals surface area contributed by atoms with Gasteiger partial charge in [0, 0.05) is 33.3 Å². The molecule has 2 amide bonds. The minimum atomic E-state index is -0.238. The second kappa shape index (κ2) is 10.8. The number of rotatable bonds is 9. The molecule has 0 spiro atoms. The van der Waals surface area contributed by atoms with E-state index in [2.05, 4.69) is 10.3 Å². The molecule has 8 heteroatoms. The van der Waals surface area contributed by atoms with E-state index in [0.29, 0.717) is 24.3 Å². The first kappa shape index (κ1) is 22.6. The molecule has 3 rings (SSSR count). The molecule has 1 aromatic carbocycles. The lowest BCUT2D eigenvalue weighted by atomic mass is 10.1. The number of imide groups is 1. The Morgan fingerprint density at radius 3 is 2.46 bits per heavy atom. The monoisotopic (exact) mass is 500 g/mol. The number of hydrogen-bond acceptors (Lipinski definition) is 4. The number of aliphatic imine (C=N–C) groups is 1. The summed E-state index contributed by atoms with van der Waals surface area (Å²) in [5, 5.41) is 3.24. The van der Waals surface area contributed by atoms with Gasteiger partial charge >= 0.3 is 0 Å². The molecule has 1 aliphatic carbocycles. The number of carbonyl (C=O) groups excluding carboxylic acids is 2.